The fourth-order valence-corrected chi connectivity index (χ4v) is 8.89. The van der Waals surface area contributed by atoms with Crippen LogP contribution in [0.15, 0.2) is 182 Å². The van der Waals surface area contributed by atoms with Crippen LogP contribution >= 0.6 is 0 Å². The van der Waals surface area contributed by atoms with Gasteiger partial charge in [-0.25, -0.2) is 24.0 Å². The van der Waals surface area contributed by atoms with Crippen molar-refractivity contribution in [2.24, 2.45) is 5.92 Å². The first-order chi connectivity index (χ1) is 40.0. The highest BCUT2D eigenvalue weighted by Crippen LogP contribution is 2.33. The lowest BCUT2D eigenvalue weighted by Crippen LogP contribution is -2.53. The summed E-state index contributed by atoms with van der Waals surface area (Å²) in [5.74, 6) is -1.72. The molecule has 4 amide bonds. The number of hydrogen-bond acceptors (Lipinski definition) is 12. The molecule has 1 aliphatic rings. The molecule has 1 aliphatic carbocycles. The Hall–Kier alpha value is -9.38. The van der Waals surface area contributed by atoms with E-state index in [-0.39, 0.29) is 65.3 Å². The van der Waals surface area contributed by atoms with Crippen LogP contribution in [0.25, 0.3) is 11.1 Å². The molecule has 6 aromatic rings. The molecule has 0 spiro atoms. The molecule has 1 unspecified atom stereocenters. The van der Waals surface area contributed by atoms with Crippen molar-refractivity contribution >= 4 is 36.1 Å². The molecule has 0 bridgehead atoms. The van der Waals surface area contributed by atoms with Gasteiger partial charge in [-0.15, -0.1) is 0 Å². The second-order valence-electron chi connectivity index (χ2n) is 21.1. The molecule has 17 nitrogen and oxygen atoms in total. The van der Waals surface area contributed by atoms with E-state index in [1.807, 2.05) is 115 Å². The summed E-state index contributed by atoms with van der Waals surface area (Å²) in [6.07, 6.45) is 4.16. The number of carboxylic acid groups (broad SMARTS) is 1. The average molecular weight is 1130 g/mol. The Kier molecular flexibility index (Phi) is 22.9. The average Bonchev–Trinajstić information content (AvgIpc) is 3.58. The maximum Gasteiger partial charge on any atom is 0.408 e. The van der Waals surface area contributed by atoms with Crippen LogP contribution in [-0.4, -0.2) is 78.1 Å². The first-order valence-corrected chi connectivity index (χ1v) is 27.6. The van der Waals surface area contributed by atoms with Gasteiger partial charge in [0.15, 0.2) is 0 Å². The third-order valence-corrected chi connectivity index (χ3v) is 13.1. The van der Waals surface area contributed by atoms with Crippen molar-refractivity contribution in [3.05, 3.63) is 215 Å². The smallest absolute Gasteiger partial charge is 0.408 e. The summed E-state index contributed by atoms with van der Waals surface area (Å²) in [7, 11) is 0. The lowest BCUT2D eigenvalue weighted by molar-refractivity contribution is -0.149. The van der Waals surface area contributed by atoms with Crippen LogP contribution in [0.3, 0.4) is 0 Å². The Bertz CT molecular complexity index is 3170. The lowest BCUT2D eigenvalue weighted by atomic mass is 9.95. The van der Waals surface area contributed by atoms with Crippen molar-refractivity contribution in [3.8, 4) is 22.6 Å². The summed E-state index contributed by atoms with van der Waals surface area (Å²) in [5, 5.41) is 21.2. The molecule has 6 aromatic carbocycles. The third kappa shape index (κ3) is 20.9. The maximum absolute atomic E-state index is 14.6. The third-order valence-electron chi connectivity index (χ3n) is 13.1. The number of rotatable bonds is 27. The minimum Gasteiger partial charge on any atom is -0.489 e. The normalized spacial score (nSPS) is 13.8. The van der Waals surface area contributed by atoms with E-state index in [4.69, 9.17) is 28.4 Å². The first-order valence-electron chi connectivity index (χ1n) is 27.6. The van der Waals surface area contributed by atoms with E-state index < -0.39 is 59.9 Å². The zero-order chi connectivity index (χ0) is 59.0. The minimum absolute atomic E-state index is 0.0199. The van der Waals surface area contributed by atoms with Crippen molar-refractivity contribution in [3.63, 3.8) is 0 Å². The van der Waals surface area contributed by atoms with Crippen molar-refractivity contribution in [1.82, 2.24) is 21.3 Å². The van der Waals surface area contributed by atoms with Gasteiger partial charge in [0.05, 0.1) is 0 Å². The molecule has 0 heterocycles. The number of carbonyl (C=O) groups excluding carboxylic acids is 5. The number of ether oxygens (including phenoxy) is 6. The Morgan fingerprint density at radius 3 is 1.54 bits per heavy atom. The quantitative estimate of drug-likeness (QED) is 0.0184. The van der Waals surface area contributed by atoms with Crippen LogP contribution in [0.4, 0.5) is 14.4 Å². The Balaban J connectivity index is 1.18. The van der Waals surface area contributed by atoms with Gasteiger partial charge >= 0.3 is 30.2 Å². The summed E-state index contributed by atoms with van der Waals surface area (Å²) in [6.45, 7) is 7.50. The summed E-state index contributed by atoms with van der Waals surface area (Å²) in [4.78, 5) is 81.1. The number of esters is 1. The predicted molar refractivity (Wildman–Crippen MR) is 313 cm³/mol. The number of allylic oxidation sites excluding steroid dienone is 3. The summed E-state index contributed by atoms with van der Waals surface area (Å²) < 4.78 is 35.1. The zero-order valence-electron chi connectivity index (χ0n) is 47.2. The lowest BCUT2D eigenvalue weighted by Gasteiger charge is -2.25. The van der Waals surface area contributed by atoms with E-state index in [0.29, 0.717) is 45.2 Å². The number of nitrogens with one attached hydrogen (secondary N) is 4. The number of carboxylic acids is 1. The summed E-state index contributed by atoms with van der Waals surface area (Å²) >= 11 is 0. The largest absolute Gasteiger partial charge is 0.489 e. The van der Waals surface area contributed by atoms with Crippen LogP contribution in [0.5, 0.6) is 11.5 Å². The molecule has 0 saturated carbocycles. The van der Waals surface area contributed by atoms with E-state index in [9.17, 15) is 33.9 Å². The highest BCUT2D eigenvalue weighted by molar-refractivity contribution is 5.90. The van der Waals surface area contributed by atoms with Crippen LogP contribution in [0.1, 0.15) is 80.3 Å². The van der Waals surface area contributed by atoms with Gasteiger partial charge in [-0.3, -0.25) is 4.79 Å². The van der Waals surface area contributed by atoms with Gasteiger partial charge in [0, 0.05) is 19.4 Å². The van der Waals surface area contributed by atoms with E-state index in [1.165, 1.54) is 0 Å². The fourth-order valence-electron chi connectivity index (χ4n) is 8.89. The molecule has 434 valence electrons. The molecule has 17 heteroatoms. The molecule has 4 atom stereocenters. The van der Waals surface area contributed by atoms with Crippen molar-refractivity contribution < 1.29 is 62.3 Å². The number of aliphatic carboxylic acids is 1. The van der Waals surface area contributed by atoms with Crippen molar-refractivity contribution in [2.75, 3.05) is 13.2 Å². The van der Waals surface area contributed by atoms with Crippen LogP contribution in [0.2, 0.25) is 0 Å². The Labute approximate surface area is 484 Å². The van der Waals surface area contributed by atoms with E-state index in [2.05, 4.69) is 34.3 Å². The van der Waals surface area contributed by atoms with Gasteiger partial charge < -0.3 is 54.8 Å². The minimum atomic E-state index is -1.43. The number of hydrogen-bond donors (Lipinski definition) is 5. The summed E-state index contributed by atoms with van der Waals surface area (Å²) in [5.41, 5.74) is 5.40. The molecule has 5 N–H and O–H groups in total. The SMILES string of the molecule is CC1C=CC=C(COC(=O)NCCC[C@H](NC(=O)OC(C)(C)C)C(=O)N[C@@H](Cc2cc(-c3ccc(OCc4ccccc4)c(C[C@H](NC(=O)OCc4ccccc4)C(=O)O)c3)ccc2OCc2ccccc2)C(=O)OCc2ccccc2)C1. The molecule has 0 saturated heterocycles. The highest BCUT2D eigenvalue weighted by atomic mass is 16.6. The molecule has 83 heavy (non-hydrogen) atoms. The van der Waals surface area contributed by atoms with Crippen molar-refractivity contribution in [2.45, 2.75) is 110 Å². The van der Waals surface area contributed by atoms with Gasteiger partial charge in [0.2, 0.25) is 5.91 Å². The molecular formula is C66H72N4O13. The standard InChI is InChI=1S/C66H72N4O13/c1-45-19-17-28-50(35-45)44-81-63(75)67-34-18-29-55(69-65(77)83-66(2,3)4)60(71)68-57(62(74)80-42-48-24-13-7-14-25-48)39-54-37-52(31-33-59(54)79-41-47-22-11-6-12-23-47)51-30-32-58(78-40-46-20-9-5-10-21-46)53(36-51)38-56(61(72)73)70-64(76)82-43-49-26-15-8-16-27-49/h5-17,19-28,30-33,36-37,45,55-57H,18,29,34-35,38-44H2,1-4H3,(H,67,75)(H,68,71)(H,69,77)(H,70,76)(H,72,73)/t45?,55-,56-,57-/m0/s1. The molecule has 0 aromatic heterocycles. The molecule has 0 aliphatic heterocycles. The van der Waals surface area contributed by atoms with Gasteiger partial charge in [0.1, 0.15) is 68.3 Å². The summed E-state index contributed by atoms with van der Waals surface area (Å²) in [6, 6.07) is 43.7. The maximum atomic E-state index is 14.6. The molecule has 0 fully saturated rings. The first kappa shape index (κ1) is 61.2. The van der Waals surface area contributed by atoms with Crippen LogP contribution < -0.4 is 30.7 Å². The van der Waals surface area contributed by atoms with Gasteiger partial charge in [-0.05, 0) is 120 Å². The van der Waals surface area contributed by atoms with Gasteiger partial charge in [0.25, 0.3) is 0 Å². The van der Waals surface area contributed by atoms with Crippen LogP contribution in [0, 0.1) is 5.92 Å². The number of carbonyl (C=O) groups is 6. The Morgan fingerprint density at radius 2 is 1.04 bits per heavy atom. The molecular weight excluding hydrogens is 1060 g/mol. The van der Waals surface area contributed by atoms with E-state index in [1.54, 1.807) is 75.4 Å². The number of amides is 4. The Morgan fingerprint density at radius 1 is 0.554 bits per heavy atom. The molecule has 0 radical (unpaired) electrons. The van der Waals surface area contributed by atoms with E-state index >= 15 is 0 Å². The monoisotopic (exact) mass is 1130 g/mol. The zero-order valence-corrected chi connectivity index (χ0v) is 47.2. The second kappa shape index (κ2) is 31.0. The number of alkyl carbamates (subject to hydrolysis) is 3. The second-order valence-corrected chi connectivity index (χ2v) is 21.1. The highest BCUT2D eigenvalue weighted by Gasteiger charge is 2.31. The molecule has 7 rings (SSSR count). The number of benzene rings is 6. The van der Waals surface area contributed by atoms with E-state index in [0.717, 1.165) is 28.7 Å². The fraction of sp³-hybridized carbons (Fsp3) is 0.303. The van der Waals surface area contributed by atoms with Gasteiger partial charge in [-0.2, -0.15) is 0 Å². The van der Waals surface area contributed by atoms with Crippen molar-refractivity contribution in [1.29, 1.82) is 0 Å². The van der Waals surface area contributed by atoms with Crippen LogP contribution in [-0.2, 0) is 72.6 Å². The van der Waals surface area contributed by atoms with Gasteiger partial charge in [-0.1, -0.05) is 159 Å². The predicted octanol–water partition coefficient (Wildman–Crippen LogP) is 11.1. The topological polar surface area (TPSA) is 226 Å².